The Morgan fingerprint density at radius 2 is 2.25 bits per heavy atom. The van der Waals surface area contributed by atoms with Crippen LogP contribution in [0.1, 0.15) is 5.56 Å². The molecule has 1 aromatic rings. The number of hydrogen-bond acceptors (Lipinski definition) is 3. The fourth-order valence-corrected chi connectivity index (χ4v) is 2.12. The smallest absolute Gasteiger partial charge is 0.127 e. The highest BCUT2D eigenvalue weighted by Crippen LogP contribution is 2.37. The van der Waals surface area contributed by atoms with Gasteiger partial charge >= 0.3 is 0 Å². The van der Waals surface area contributed by atoms with Crippen molar-refractivity contribution in [2.24, 2.45) is 5.73 Å². The first kappa shape index (κ1) is 11.8. The van der Waals surface area contributed by atoms with Gasteiger partial charge in [-0.05, 0) is 18.2 Å². The summed E-state index contributed by atoms with van der Waals surface area (Å²) in [6, 6.07) is 3.80. The van der Waals surface area contributed by atoms with Gasteiger partial charge in [-0.25, -0.2) is 4.39 Å². The lowest BCUT2D eigenvalue weighted by molar-refractivity contribution is -0.0813. The van der Waals surface area contributed by atoms with Crippen molar-refractivity contribution < 1.29 is 14.2 Å². The van der Waals surface area contributed by atoms with Crippen molar-refractivity contribution in [1.82, 2.24) is 0 Å². The molecule has 0 aromatic heterocycles. The Morgan fingerprint density at radius 3 is 2.75 bits per heavy atom. The Kier molecular flexibility index (Phi) is 3.17. The molecule has 0 aliphatic carbocycles. The van der Waals surface area contributed by atoms with E-state index in [0.717, 1.165) is 0 Å². The minimum atomic E-state index is -0.649. The molecular formula is C11H13ClFNO2. The van der Waals surface area contributed by atoms with Crippen molar-refractivity contribution >= 4 is 11.6 Å². The number of aliphatic hydroxyl groups excluding tert-OH is 1. The van der Waals surface area contributed by atoms with Crippen LogP contribution in [0, 0.1) is 5.82 Å². The maximum Gasteiger partial charge on any atom is 0.127 e. The van der Waals surface area contributed by atoms with E-state index >= 15 is 0 Å². The zero-order valence-electron chi connectivity index (χ0n) is 8.62. The van der Waals surface area contributed by atoms with Gasteiger partial charge in [0.1, 0.15) is 5.82 Å². The number of benzene rings is 1. The zero-order chi connectivity index (χ0) is 11.8. The average Bonchev–Trinajstić information content (AvgIpc) is 2.21. The van der Waals surface area contributed by atoms with Gasteiger partial charge in [-0.3, -0.25) is 0 Å². The fourth-order valence-electron chi connectivity index (χ4n) is 1.95. The molecule has 0 saturated carbocycles. The second kappa shape index (κ2) is 4.30. The van der Waals surface area contributed by atoms with Gasteiger partial charge in [0.2, 0.25) is 0 Å². The van der Waals surface area contributed by atoms with E-state index in [2.05, 4.69) is 0 Å². The van der Waals surface area contributed by atoms with Crippen molar-refractivity contribution in [2.45, 2.75) is 11.5 Å². The highest BCUT2D eigenvalue weighted by molar-refractivity contribution is 6.30. The highest BCUT2D eigenvalue weighted by Gasteiger charge is 2.47. The molecule has 3 nitrogen and oxygen atoms in total. The minimum absolute atomic E-state index is 0.213. The van der Waals surface area contributed by atoms with Crippen LogP contribution in [0.4, 0.5) is 4.39 Å². The largest absolute Gasteiger partial charge is 0.395 e. The summed E-state index contributed by atoms with van der Waals surface area (Å²) in [5, 5.41) is 9.57. The third-order valence-electron chi connectivity index (χ3n) is 3.09. The van der Waals surface area contributed by atoms with Crippen molar-refractivity contribution in [2.75, 3.05) is 19.8 Å². The van der Waals surface area contributed by atoms with Crippen molar-refractivity contribution in [3.05, 3.63) is 34.6 Å². The first-order valence-electron chi connectivity index (χ1n) is 5.00. The number of aliphatic hydroxyl groups is 1. The van der Waals surface area contributed by atoms with E-state index in [-0.39, 0.29) is 12.4 Å². The normalized spacial score (nSPS) is 20.2. The average molecular weight is 246 g/mol. The molecule has 1 heterocycles. The van der Waals surface area contributed by atoms with Gasteiger partial charge in [-0.2, -0.15) is 0 Å². The molecule has 88 valence electrons. The van der Waals surface area contributed by atoms with Gasteiger partial charge in [0.05, 0.1) is 25.2 Å². The molecular weight excluding hydrogens is 233 g/mol. The van der Waals surface area contributed by atoms with E-state index in [4.69, 9.17) is 27.2 Å². The van der Waals surface area contributed by atoms with E-state index in [0.29, 0.717) is 23.8 Å². The van der Waals surface area contributed by atoms with Gasteiger partial charge in [-0.1, -0.05) is 11.6 Å². The Morgan fingerprint density at radius 1 is 1.56 bits per heavy atom. The van der Waals surface area contributed by atoms with Crippen LogP contribution >= 0.6 is 11.6 Å². The predicted molar refractivity (Wildman–Crippen MR) is 59.0 cm³/mol. The zero-order valence-corrected chi connectivity index (χ0v) is 9.38. The summed E-state index contributed by atoms with van der Waals surface area (Å²) in [7, 11) is 0. The van der Waals surface area contributed by atoms with Crippen LogP contribution in [0.3, 0.4) is 0 Å². The van der Waals surface area contributed by atoms with E-state index in [1.165, 1.54) is 12.1 Å². The molecule has 0 bridgehead atoms. The Balaban J connectivity index is 2.44. The minimum Gasteiger partial charge on any atom is -0.395 e. The number of rotatable bonds is 3. The van der Waals surface area contributed by atoms with Gasteiger partial charge < -0.3 is 15.6 Å². The molecule has 0 spiro atoms. The third-order valence-corrected chi connectivity index (χ3v) is 3.33. The summed E-state index contributed by atoms with van der Waals surface area (Å²) < 4.78 is 18.8. The molecule has 2 rings (SSSR count). The number of nitrogens with two attached hydrogens (primary N) is 1. The fraction of sp³-hybridized carbons (Fsp3) is 0.455. The predicted octanol–water partition coefficient (Wildman–Crippen LogP) is 1.07. The van der Waals surface area contributed by atoms with Crippen LogP contribution in [0.2, 0.25) is 5.02 Å². The molecule has 1 aliphatic heterocycles. The Bertz CT molecular complexity index is 396. The van der Waals surface area contributed by atoms with Crippen LogP contribution < -0.4 is 5.73 Å². The van der Waals surface area contributed by atoms with Crippen LogP contribution in [0.15, 0.2) is 18.2 Å². The number of halogens is 2. The summed E-state index contributed by atoms with van der Waals surface area (Å²) in [6.45, 7) is 0.410. The topological polar surface area (TPSA) is 55.5 Å². The van der Waals surface area contributed by atoms with E-state index in [1.54, 1.807) is 6.07 Å². The van der Waals surface area contributed by atoms with Crippen molar-refractivity contribution in [3.63, 3.8) is 0 Å². The summed E-state index contributed by atoms with van der Waals surface area (Å²) in [5.74, 6) is -0.364. The third kappa shape index (κ3) is 1.72. The van der Waals surface area contributed by atoms with Crippen molar-refractivity contribution in [1.29, 1.82) is 0 Å². The molecule has 1 fully saturated rings. The molecule has 3 N–H and O–H groups in total. The second-order valence-corrected chi connectivity index (χ2v) is 4.50. The summed E-state index contributed by atoms with van der Waals surface area (Å²) in [6.07, 6.45) is 0. The van der Waals surface area contributed by atoms with Crippen LogP contribution in [0.5, 0.6) is 0 Å². The molecule has 1 unspecified atom stereocenters. The monoisotopic (exact) mass is 245 g/mol. The number of ether oxygens (including phenoxy) is 1. The SMILES string of the molecule is NC(CO)C1(c2cc(Cl)ccc2F)COC1. The lowest BCUT2D eigenvalue weighted by Gasteiger charge is -2.45. The summed E-state index contributed by atoms with van der Waals surface area (Å²) in [5.41, 5.74) is 5.60. The second-order valence-electron chi connectivity index (χ2n) is 4.06. The van der Waals surface area contributed by atoms with E-state index in [9.17, 15) is 4.39 Å². The molecule has 0 radical (unpaired) electrons. The van der Waals surface area contributed by atoms with Gasteiger partial charge in [0.25, 0.3) is 0 Å². The molecule has 1 aromatic carbocycles. The maximum atomic E-state index is 13.7. The Labute approximate surface area is 98.0 Å². The first-order chi connectivity index (χ1) is 7.60. The highest BCUT2D eigenvalue weighted by atomic mass is 35.5. The maximum absolute atomic E-state index is 13.7. The van der Waals surface area contributed by atoms with Gasteiger partial charge in [-0.15, -0.1) is 0 Å². The van der Waals surface area contributed by atoms with Crippen LogP contribution in [0.25, 0.3) is 0 Å². The molecule has 1 aliphatic rings. The molecule has 1 saturated heterocycles. The molecule has 1 atom stereocenters. The lowest BCUT2D eigenvalue weighted by Crippen LogP contribution is -2.60. The standard InChI is InChI=1S/C11H13ClFNO2/c12-7-1-2-9(13)8(3-7)11(5-16-6-11)10(14)4-15/h1-3,10,15H,4-6,14H2. The number of hydrogen-bond donors (Lipinski definition) is 2. The van der Waals surface area contributed by atoms with Crippen LogP contribution in [-0.4, -0.2) is 31.0 Å². The van der Waals surface area contributed by atoms with E-state index < -0.39 is 11.5 Å². The molecule has 0 amide bonds. The lowest BCUT2D eigenvalue weighted by atomic mass is 9.72. The molecule has 5 heteroatoms. The van der Waals surface area contributed by atoms with Crippen molar-refractivity contribution in [3.8, 4) is 0 Å². The summed E-state index contributed by atoms with van der Waals surface area (Å²) in [4.78, 5) is 0. The summed E-state index contributed by atoms with van der Waals surface area (Å²) >= 11 is 5.84. The van der Waals surface area contributed by atoms with Gasteiger partial charge in [0.15, 0.2) is 0 Å². The quantitative estimate of drug-likeness (QED) is 0.838. The van der Waals surface area contributed by atoms with Gasteiger partial charge in [0, 0.05) is 16.6 Å². The van der Waals surface area contributed by atoms with E-state index in [1.807, 2.05) is 0 Å². The first-order valence-corrected chi connectivity index (χ1v) is 5.37. The molecule has 16 heavy (non-hydrogen) atoms. The Hall–Kier alpha value is -0.680. The van der Waals surface area contributed by atoms with Crippen LogP contribution in [-0.2, 0) is 10.2 Å².